The second kappa shape index (κ2) is 5.13. The van der Waals surface area contributed by atoms with Crippen LogP contribution in [-0.2, 0) is 4.79 Å². The first-order valence-electron chi connectivity index (χ1n) is 6.96. The van der Waals surface area contributed by atoms with Crippen LogP contribution < -0.4 is 15.2 Å². The Morgan fingerprint density at radius 1 is 1.00 bits per heavy atom. The molecule has 0 radical (unpaired) electrons. The summed E-state index contributed by atoms with van der Waals surface area (Å²) in [6.07, 6.45) is -0.408. The lowest BCUT2D eigenvalue weighted by Crippen LogP contribution is -2.44. The lowest BCUT2D eigenvalue weighted by atomic mass is 9.91. The third-order valence-electron chi connectivity index (χ3n) is 3.68. The normalized spacial score (nSPS) is 20.2. The number of ether oxygens (including phenoxy) is 1. The van der Waals surface area contributed by atoms with E-state index in [1.54, 1.807) is 5.01 Å². The van der Waals surface area contributed by atoms with Gasteiger partial charge < -0.3 is 4.74 Å². The summed E-state index contributed by atoms with van der Waals surface area (Å²) in [5.41, 5.74) is 3.15. The average molecular weight is 282 g/mol. The van der Waals surface area contributed by atoms with E-state index in [0.717, 1.165) is 11.4 Å². The molecule has 1 aliphatic rings. The van der Waals surface area contributed by atoms with Gasteiger partial charge >= 0.3 is 0 Å². The molecule has 1 atom stereocenters. The molecule has 0 spiro atoms. The zero-order valence-corrected chi connectivity index (χ0v) is 12.1. The van der Waals surface area contributed by atoms with Crippen LogP contribution in [0.3, 0.4) is 0 Å². The van der Waals surface area contributed by atoms with E-state index in [2.05, 4.69) is 5.43 Å². The molecule has 0 saturated carbocycles. The van der Waals surface area contributed by atoms with Crippen molar-refractivity contribution in [2.75, 3.05) is 5.01 Å². The summed E-state index contributed by atoms with van der Waals surface area (Å²) in [7, 11) is 0. The Labute approximate surface area is 124 Å². The van der Waals surface area contributed by atoms with Gasteiger partial charge in [-0.1, -0.05) is 36.4 Å². The van der Waals surface area contributed by atoms with E-state index in [-0.39, 0.29) is 5.91 Å². The van der Waals surface area contributed by atoms with Gasteiger partial charge in [0.15, 0.2) is 0 Å². The van der Waals surface area contributed by atoms with Crippen molar-refractivity contribution in [3.63, 3.8) is 0 Å². The number of carbonyl (C=O) groups is 1. The van der Waals surface area contributed by atoms with E-state index in [0.29, 0.717) is 0 Å². The fraction of sp³-hybridized carbons (Fsp3) is 0.235. The number of carbonyl (C=O) groups excluding carboxylic acids is 1. The monoisotopic (exact) mass is 282 g/mol. The zero-order chi connectivity index (χ0) is 14.9. The Morgan fingerprint density at radius 3 is 2.19 bits per heavy atom. The molecule has 1 aliphatic heterocycles. The predicted molar refractivity (Wildman–Crippen MR) is 81.7 cm³/mol. The first kappa shape index (κ1) is 13.5. The summed E-state index contributed by atoms with van der Waals surface area (Å²) in [5, 5.41) is 1.79. The second-order valence-electron chi connectivity index (χ2n) is 5.65. The molecule has 108 valence electrons. The highest BCUT2D eigenvalue weighted by Gasteiger charge is 2.49. The van der Waals surface area contributed by atoms with Gasteiger partial charge in [-0.25, -0.2) is 5.01 Å². The number of hydrogen-bond acceptors (Lipinski definition) is 3. The van der Waals surface area contributed by atoms with E-state index >= 15 is 0 Å². The first-order chi connectivity index (χ1) is 10.1. The SMILES string of the molecule is CC1(C)C(=O)NN(c2ccccc2)C1Oc1ccccc1. The summed E-state index contributed by atoms with van der Waals surface area (Å²) >= 11 is 0. The van der Waals surface area contributed by atoms with Crippen molar-refractivity contribution >= 4 is 11.6 Å². The van der Waals surface area contributed by atoms with Gasteiger partial charge in [-0.05, 0) is 38.1 Å². The molecule has 2 aromatic rings. The molecule has 4 heteroatoms. The molecule has 0 aromatic heterocycles. The van der Waals surface area contributed by atoms with Gasteiger partial charge in [-0.3, -0.25) is 10.2 Å². The summed E-state index contributed by atoms with van der Waals surface area (Å²) in [6, 6.07) is 19.3. The van der Waals surface area contributed by atoms with Crippen molar-refractivity contribution in [1.29, 1.82) is 0 Å². The van der Waals surface area contributed by atoms with Crippen LogP contribution in [0.4, 0.5) is 5.69 Å². The van der Waals surface area contributed by atoms with E-state index in [1.807, 2.05) is 74.5 Å². The smallest absolute Gasteiger partial charge is 0.250 e. The van der Waals surface area contributed by atoms with Crippen LogP contribution in [0.2, 0.25) is 0 Å². The average Bonchev–Trinajstić information content (AvgIpc) is 2.73. The van der Waals surface area contributed by atoms with Gasteiger partial charge in [0.1, 0.15) is 11.2 Å². The third kappa shape index (κ3) is 2.44. The maximum Gasteiger partial charge on any atom is 0.250 e. The standard InChI is InChI=1S/C17H18N2O2/c1-17(2)15(20)18-19(13-9-5-3-6-10-13)16(17)21-14-11-7-4-8-12-14/h3-12,16H,1-2H3,(H,18,20). The van der Waals surface area contributed by atoms with Crippen molar-refractivity contribution in [1.82, 2.24) is 5.43 Å². The maximum absolute atomic E-state index is 12.2. The van der Waals surface area contributed by atoms with Crippen LogP contribution in [0.25, 0.3) is 0 Å². The van der Waals surface area contributed by atoms with Gasteiger partial charge in [-0.2, -0.15) is 0 Å². The van der Waals surface area contributed by atoms with E-state index in [4.69, 9.17) is 4.74 Å². The Morgan fingerprint density at radius 2 is 1.57 bits per heavy atom. The van der Waals surface area contributed by atoms with Gasteiger partial charge in [0.05, 0.1) is 5.69 Å². The highest BCUT2D eigenvalue weighted by Crippen LogP contribution is 2.35. The Hall–Kier alpha value is -2.49. The minimum atomic E-state index is -0.647. The predicted octanol–water partition coefficient (Wildman–Crippen LogP) is 2.97. The highest BCUT2D eigenvalue weighted by atomic mass is 16.5. The molecule has 3 rings (SSSR count). The van der Waals surface area contributed by atoms with Crippen LogP contribution in [0.1, 0.15) is 13.8 Å². The number of nitrogens with zero attached hydrogens (tertiary/aromatic N) is 1. The zero-order valence-electron chi connectivity index (χ0n) is 12.1. The third-order valence-corrected chi connectivity index (χ3v) is 3.68. The Bertz CT molecular complexity index is 626. The Balaban J connectivity index is 1.94. The summed E-state index contributed by atoms with van der Waals surface area (Å²) in [6.45, 7) is 3.78. The lowest BCUT2D eigenvalue weighted by molar-refractivity contribution is -0.128. The van der Waals surface area contributed by atoms with Crippen molar-refractivity contribution in [3.8, 4) is 5.75 Å². The molecule has 1 fully saturated rings. The molecule has 4 nitrogen and oxygen atoms in total. The maximum atomic E-state index is 12.2. The van der Waals surface area contributed by atoms with Gasteiger partial charge in [-0.15, -0.1) is 0 Å². The van der Waals surface area contributed by atoms with Crippen molar-refractivity contribution in [2.24, 2.45) is 5.41 Å². The van der Waals surface area contributed by atoms with Gasteiger partial charge in [0, 0.05) is 0 Å². The van der Waals surface area contributed by atoms with E-state index in [9.17, 15) is 4.79 Å². The molecular formula is C17H18N2O2. The molecule has 1 unspecified atom stereocenters. The number of rotatable bonds is 3. The Kier molecular flexibility index (Phi) is 3.29. The summed E-state index contributed by atoms with van der Waals surface area (Å²) < 4.78 is 6.07. The van der Waals surface area contributed by atoms with E-state index in [1.165, 1.54) is 0 Å². The molecule has 0 aliphatic carbocycles. The fourth-order valence-corrected chi connectivity index (χ4v) is 2.36. The molecule has 1 heterocycles. The van der Waals surface area contributed by atoms with Crippen molar-refractivity contribution < 1.29 is 9.53 Å². The fourth-order valence-electron chi connectivity index (χ4n) is 2.36. The topological polar surface area (TPSA) is 41.6 Å². The number of para-hydroxylation sites is 2. The largest absolute Gasteiger partial charge is 0.468 e. The highest BCUT2D eigenvalue weighted by molar-refractivity contribution is 5.88. The molecular weight excluding hydrogens is 264 g/mol. The molecule has 21 heavy (non-hydrogen) atoms. The number of hydrazine groups is 1. The van der Waals surface area contributed by atoms with Gasteiger partial charge in [0.25, 0.3) is 0 Å². The van der Waals surface area contributed by atoms with Crippen molar-refractivity contribution in [2.45, 2.75) is 20.1 Å². The summed E-state index contributed by atoms with van der Waals surface area (Å²) in [4.78, 5) is 12.2. The molecule has 1 amide bonds. The first-order valence-corrected chi connectivity index (χ1v) is 6.96. The molecule has 0 bridgehead atoms. The minimum absolute atomic E-state index is 0.0488. The molecule has 2 aromatic carbocycles. The summed E-state index contributed by atoms with van der Waals surface area (Å²) in [5.74, 6) is 0.695. The molecule has 1 saturated heterocycles. The van der Waals surface area contributed by atoms with Crippen LogP contribution in [-0.4, -0.2) is 12.1 Å². The number of hydrogen-bond donors (Lipinski definition) is 1. The van der Waals surface area contributed by atoms with Crippen LogP contribution in [0.15, 0.2) is 60.7 Å². The van der Waals surface area contributed by atoms with Crippen LogP contribution in [0, 0.1) is 5.41 Å². The number of anilines is 1. The van der Waals surface area contributed by atoms with Crippen molar-refractivity contribution in [3.05, 3.63) is 60.7 Å². The minimum Gasteiger partial charge on any atom is -0.468 e. The van der Waals surface area contributed by atoms with Crippen LogP contribution >= 0.6 is 0 Å². The molecule has 1 N–H and O–H groups in total. The van der Waals surface area contributed by atoms with Crippen LogP contribution in [0.5, 0.6) is 5.75 Å². The quantitative estimate of drug-likeness (QED) is 0.941. The second-order valence-corrected chi connectivity index (χ2v) is 5.65. The lowest BCUT2D eigenvalue weighted by Gasteiger charge is -2.31. The van der Waals surface area contributed by atoms with E-state index < -0.39 is 11.6 Å². The number of benzene rings is 2. The van der Waals surface area contributed by atoms with Gasteiger partial charge in [0.2, 0.25) is 12.1 Å². The number of nitrogens with one attached hydrogen (secondary N) is 1. The number of amides is 1.